The Labute approximate surface area is 143 Å². The minimum atomic E-state index is -0.130. The normalized spacial score (nSPS) is 13.5. The highest BCUT2D eigenvalue weighted by atomic mass is 16.1. The van der Waals surface area contributed by atoms with Crippen molar-refractivity contribution >= 4 is 5.91 Å². The number of carbonyl (C=O) groups is 1. The fourth-order valence-electron chi connectivity index (χ4n) is 3.32. The number of rotatable bonds is 12. The molecule has 0 saturated heterocycles. The second-order valence-electron chi connectivity index (χ2n) is 7.13. The van der Waals surface area contributed by atoms with Gasteiger partial charge in [-0.25, -0.2) is 0 Å². The molecule has 2 heteroatoms. The highest BCUT2D eigenvalue weighted by Crippen LogP contribution is 2.21. The minimum Gasteiger partial charge on any atom is -0.351 e. The monoisotopic (exact) mass is 317 g/mol. The molecule has 1 atom stereocenters. The van der Waals surface area contributed by atoms with Crippen molar-refractivity contribution in [2.75, 3.05) is 0 Å². The molecule has 0 fully saturated rings. The molecule has 0 aliphatic heterocycles. The number of benzene rings is 1. The van der Waals surface area contributed by atoms with Crippen molar-refractivity contribution in [3.63, 3.8) is 0 Å². The molecule has 23 heavy (non-hydrogen) atoms. The molecule has 0 heterocycles. The van der Waals surface area contributed by atoms with Gasteiger partial charge in [-0.1, -0.05) is 88.6 Å². The Kier molecular flexibility index (Phi) is 9.66. The summed E-state index contributed by atoms with van der Waals surface area (Å²) in [5.74, 6) is 0.0722. The summed E-state index contributed by atoms with van der Waals surface area (Å²) in [5, 5.41) is 3.18. The van der Waals surface area contributed by atoms with E-state index in [1.807, 2.05) is 6.07 Å². The zero-order valence-corrected chi connectivity index (χ0v) is 15.4. The van der Waals surface area contributed by atoms with Crippen LogP contribution in [0.3, 0.4) is 0 Å². The predicted molar refractivity (Wildman–Crippen MR) is 99.6 cm³/mol. The Balaban J connectivity index is 2.34. The first kappa shape index (κ1) is 19.7. The van der Waals surface area contributed by atoms with Gasteiger partial charge in [-0.3, -0.25) is 4.79 Å². The van der Waals surface area contributed by atoms with Crippen LogP contribution < -0.4 is 5.32 Å². The summed E-state index contributed by atoms with van der Waals surface area (Å²) in [4.78, 5) is 11.6. The Hall–Kier alpha value is -1.31. The van der Waals surface area contributed by atoms with Crippen molar-refractivity contribution in [2.45, 2.75) is 90.5 Å². The molecule has 0 spiro atoms. The van der Waals surface area contributed by atoms with Gasteiger partial charge in [0.25, 0.3) is 0 Å². The van der Waals surface area contributed by atoms with Crippen LogP contribution in [0.4, 0.5) is 0 Å². The lowest BCUT2D eigenvalue weighted by molar-refractivity contribution is -0.120. The number of hydrogen-bond donors (Lipinski definition) is 1. The molecule has 1 aromatic rings. The van der Waals surface area contributed by atoms with E-state index in [0.717, 1.165) is 12.8 Å². The molecule has 0 aliphatic carbocycles. The fraction of sp³-hybridized carbons (Fsp3) is 0.667. The third kappa shape index (κ3) is 9.43. The van der Waals surface area contributed by atoms with E-state index in [1.54, 1.807) is 6.92 Å². The molecule has 1 amide bonds. The van der Waals surface area contributed by atoms with Crippen LogP contribution in [-0.2, 0) is 11.2 Å². The van der Waals surface area contributed by atoms with Crippen molar-refractivity contribution in [1.29, 1.82) is 0 Å². The van der Waals surface area contributed by atoms with Crippen LogP contribution in [0.15, 0.2) is 30.3 Å². The summed E-state index contributed by atoms with van der Waals surface area (Å²) in [5.41, 5.74) is 1.17. The van der Waals surface area contributed by atoms with E-state index in [1.165, 1.54) is 56.9 Å². The van der Waals surface area contributed by atoms with E-state index in [2.05, 4.69) is 43.4 Å². The van der Waals surface area contributed by atoms with Gasteiger partial charge in [0.15, 0.2) is 0 Å². The van der Waals surface area contributed by atoms with E-state index in [9.17, 15) is 4.79 Å². The molecule has 2 nitrogen and oxygen atoms in total. The van der Waals surface area contributed by atoms with E-state index in [4.69, 9.17) is 0 Å². The summed E-state index contributed by atoms with van der Waals surface area (Å²) in [7, 11) is 0. The molecular formula is C21H35NO. The molecule has 1 rings (SSSR count). The smallest absolute Gasteiger partial charge is 0.217 e. The van der Waals surface area contributed by atoms with Crippen molar-refractivity contribution < 1.29 is 4.79 Å². The highest BCUT2D eigenvalue weighted by Gasteiger charge is 2.24. The lowest BCUT2D eigenvalue weighted by Crippen LogP contribution is -2.46. The summed E-state index contributed by atoms with van der Waals surface area (Å²) in [6.45, 7) is 6.06. The Morgan fingerprint density at radius 2 is 1.52 bits per heavy atom. The number of nitrogens with one attached hydrogen (secondary N) is 1. The maximum absolute atomic E-state index is 11.6. The van der Waals surface area contributed by atoms with Crippen LogP contribution in [0.25, 0.3) is 0 Å². The van der Waals surface area contributed by atoms with E-state index in [0.29, 0.717) is 0 Å². The molecule has 0 saturated carbocycles. The fourth-order valence-corrected chi connectivity index (χ4v) is 3.32. The maximum Gasteiger partial charge on any atom is 0.217 e. The molecule has 0 bridgehead atoms. The first-order valence-corrected chi connectivity index (χ1v) is 9.38. The number of hydrogen-bond acceptors (Lipinski definition) is 1. The van der Waals surface area contributed by atoms with Crippen molar-refractivity contribution in [3.05, 3.63) is 35.9 Å². The number of unbranched alkanes of at least 4 members (excludes halogenated alkanes) is 7. The van der Waals surface area contributed by atoms with Gasteiger partial charge in [0.2, 0.25) is 5.91 Å². The molecule has 1 N–H and O–H groups in total. The third-order valence-corrected chi connectivity index (χ3v) is 4.50. The summed E-state index contributed by atoms with van der Waals surface area (Å²) >= 11 is 0. The molecule has 1 unspecified atom stereocenters. The van der Waals surface area contributed by atoms with E-state index >= 15 is 0 Å². The van der Waals surface area contributed by atoms with Crippen LogP contribution in [0.2, 0.25) is 0 Å². The summed E-state index contributed by atoms with van der Waals surface area (Å²) in [6, 6.07) is 10.5. The van der Waals surface area contributed by atoms with Crippen molar-refractivity contribution in [2.24, 2.45) is 0 Å². The van der Waals surface area contributed by atoms with Gasteiger partial charge in [-0.05, 0) is 25.3 Å². The summed E-state index contributed by atoms with van der Waals surface area (Å²) < 4.78 is 0. The average molecular weight is 318 g/mol. The largest absolute Gasteiger partial charge is 0.351 e. The Morgan fingerprint density at radius 1 is 0.957 bits per heavy atom. The SMILES string of the molecule is CCCCCCCCCCC(C)(Cc1ccccc1)NC(C)=O. The number of amides is 1. The van der Waals surface area contributed by atoms with Crippen LogP contribution in [-0.4, -0.2) is 11.4 Å². The van der Waals surface area contributed by atoms with Crippen molar-refractivity contribution in [3.8, 4) is 0 Å². The van der Waals surface area contributed by atoms with Gasteiger partial charge in [-0.15, -0.1) is 0 Å². The topological polar surface area (TPSA) is 29.1 Å². The minimum absolute atomic E-state index is 0.0722. The van der Waals surface area contributed by atoms with Gasteiger partial charge in [-0.2, -0.15) is 0 Å². The lowest BCUT2D eigenvalue weighted by atomic mass is 9.87. The second-order valence-corrected chi connectivity index (χ2v) is 7.13. The van der Waals surface area contributed by atoms with Gasteiger partial charge in [0.1, 0.15) is 0 Å². The highest BCUT2D eigenvalue weighted by molar-refractivity contribution is 5.73. The molecular weight excluding hydrogens is 282 g/mol. The molecule has 0 aromatic heterocycles. The zero-order chi connectivity index (χ0) is 17.0. The van der Waals surface area contributed by atoms with Gasteiger partial charge < -0.3 is 5.32 Å². The van der Waals surface area contributed by atoms with Gasteiger partial charge in [0.05, 0.1) is 0 Å². The van der Waals surface area contributed by atoms with Crippen LogP contribution in [0, 0.1) is 0 Å². The van der Waals surface area contributed by atoms with Crippen LogP contribution >= 0.6 is 0 Å². The molecule has 0 radical (unpaired) electrons. The van der Waals surface area contributed by atoms with Crippen LogP contribution in [0.5, 0.6) is 0 Å². The lowest BCUT2D eigenvalue weighted by Gasteiger charge is -2.31. The van der Waals surface area contributed by atoms with Gasteiger partial charge >= 0.3 is 0 Å². The van der Waals surface area contributed by atoms with E-state index in [-0.39, 0.29) is 11.4 Å². The average Bonchev–Trinajstić information content (AvgIpc) is 2.50. The van der Waals surface area contributed by atoms with E-state index < -0.39 is 0 Å². The summed E-state index contributed by atoms with van der Waals surface area (Å²) in [6.07, 6.45) is 12.6. The quantitative estimate of drug-likeness (QED) is 0.495. The standard InChI is InChI=1S/C21H35NO/c1-4-5-6-7-8-9-10-14-17-21(3,22-19(2)23)18-20-15-12-11-13-16-20/h11-13,15-16H,4-10,14,17-18H2,1-3H3,(H,22,23). The molecule has 1 aromatic carbocycles. The zero-order valence-electron chi connectivity index (χ0n) is 15.4. The second kappa shape index (κ2) is 11.3. The number of carbonyl (C=O) groups excluding carboxylic acids is 1. The first-order chi connectivity index (χ1) is 11.1. The predicted octanol–water partition coefficient (Wildman–Crippen LogP) is 5.65. The Bertz CT molecular complexity index is 429. The van der Waals surface area contributed by atoms with Crippen LogP contribution in [0.1, 0.15) is 84.1 Å². The van der Waals surface area contributed by atoms with Crippen molar-refractivity contribution in [1.82, 2.24) is 5.32 Å². The maximum atomic E-state index is 11.6. The third-order valence-electron chi connectivity index (χ3n) is 4.50. The molecule has 130 valence electrons. The first-order valence-electron chi connectivity index (χ1n) is 9.38. The molecule has 0 aliphatic rings. The Morgan fingerprint density at radius 3 is 2.09 bits per heavy atom. The van der Waals surface area contributed by atoms with Gasteiger partial charge in [0, 0.05) is 12.5 Å².